The summed E-state index contributed by atoms with van der Waals surface area (Å²) in [5.41, 5.74) is 0.335. The van der Waals surface area contributed by atoms with Crippen LogP contribution in [0.25, 0.3) is 0 Å². The molecule has 0 saturated carbocycles. The topological polar surface area (TPSA) is 55.4 Å². The van der Waals surface area contributed by atoms with Crippen LogP contribution < -0.4 is 5.32 Å². The Hall–Kier alpha value is -1.80. The van der Waals surface area contributed by atoms with Gasteiger partial charge in [-0.25, -0.2) is 4.79 Å². The summed E-state index contributed by atoms with van der Waals surface area (Å²) in [4.78, 5) is 22.5. The highest BCUT2D eigenvalue weighted by Gasteiger charge is 2.15. The molecule has 102 valence electrons. The average Bonchev–Trinajstić information content (AvgIpc) is 2.74. The van der Waals surface area contributed by atoms with E-state index in [1.807, 2.05) is 26.2 Å². The molecular weight excluding hydrogens is 262 g/mol. The van der Waals surface area contributed by atoms with E-state index in [2.05, 4.69) is 17.2 Å². The van der Waals surface area contributed by atoms with Gasteiger partial charge in [0.15, 0.2) is 6.29 Å². The zero-order valence-electron chi connectivity index (χ0n) is 11.3. The van der Waals surface area contributed by atoms with Gasteiger partial charge in [-0.05, 0) is 26.8 Å². The molecule has 19 heavy (non-hydrogen) atoms. The van der Waals surface area contributed by atoms with E-state index in [-0.39, 0.29) is 0 Å². The molecule has 0 radical (unpaired) electrons. The van der Waals surface area contributed by atoms with Gasteiger partial charge in [0, 0.05) is 23.9 Å². The number of hydrogen-bond donors (Lipinski definition) is 1. The number of carbonyl (C=O) groups is 2. The maximum absolute atomic E-state index is 11.3. The average molecular weight is 279 g/mol. The van der Waals surface area contributed by atoms with E-state index in [0.717, 1.165) is 11.8 Å². The summed E-state index contributed by atoms with van der Waals surface area (Å²) in [5, 5.41) is 4.46. The maximum atomic E-state index is 11.3. The van der Waals surface area contributed by atoms with E-state index >= 15 is 0 Å². The molecule has 0 aliphatic carbocycles. The van der Waals surface area contributed by atoms with Crippen molar-refractivity contribution in [3.8, 4) is 11.8 Å². The van der Waals surface area contributed by atoms with Gasteiger partial charge in [0.25, 0.3) is 0 Å². The van der Waals surface area contributed by atoms with Gasteiger partial charge in [-0.1, -0.05) is 11.8 Å². The summed E-state index contributed by atoms with van der Waals surface area (Å²) in [6, 6.07) is 1.74. The van der Waals surface area contributed by atoms with Crippen LogP contribution in [-0.2, 0) is 4.74 Å². The van der Waals surface area contributed by atoms with Gasteiger partial charge in [-0.2, -0.15) is 0 Å². The third-order valence-electron chi connectivity index (χ3n) is 1.89. The summed E-state index contributed by atoms with van der Waals surface area (Å²) in [6.45, 7) is 5.88. The Labute approximate surface area is 117 Å². The van der Waals surface area contributed by atoms with Gasteiger partial charge in [-0.3, -0.25) is 4.79 Å². The van der Waals surface area contributed by atoms with Crippen LogP contribution in [0.2, 0.25) is 0 Å². The lowest BCUT2D eigenvalue weighted by molar-refractivity contribution is 0.0529. The molecule has 5 heteroatoms. The molecule has 0 aromatic carbocycles. The normalized spacial score (nSPS) is 10.3. The van der Waals surface area contributed by atoms with Crippen molar-refractivity contribution in [3.05, 3.63) is 21.9 Å². The first-order valence-electron chi connectivity index (χ1n) is 5.90. The smallest absolute Gasteiger partial charge is 0.407 e. The highest BCUT2D eigenvalue weighted by molar-refractivity contribution is 7.11. The van der Waals surface area contributed by atoms with Crippen LogP contribution in [0.4, 0.5) is 4.79 Å². The van der Waals surface area contributed by atoms with Gasteiger partial charge in [-0.15, -0.1) is 11.3 Å². The summed E-state index contributed by atoms with van der Waals surface area (Å²) in [6.07, 6.45) is 0.902. The molecule has 1 heterocycles. The predicted molar refractivity (Wildman–Crippen MR) is 75.4 cm³/mol. The van der Waals surface area contributed by atoms with Crippen molar-refractivity contribution in [1.29, 1.82) is 0 Å². The predicted octanol–water partition coefficient (Wildman–Crippen LogP) is 2.83. The number of carbonyl (C=O) groups excluding carboxylic acids is 2. The molecule has 0 unspecified atom stereocenters. The molecule has 1 rings (SSSR count). The Kier molecular flexibility index (Phi) is 5.58. The molecule has 1 aromatic rings. The molecule has 0 atom stereocenters. The van der Waals surface area contributed by atoms with Crippen molar-refractivity contribution in [2.75, 3.05) is 6.54 Å². The molecule has 0 aliphatic heterocycles. The van der Waals surface area contributed by atoms with Crippen molar-refractivity contribution in [2.24, 2.45) is 0 Å². The van der Waals surface area contributed by atoms with E-state index in [1.54, 1.807) is 6.07 Å². The van der Waals surface area contributed by atoms with Gasteiger partial charge in [0.2, 0.25) is 0 Å². The maximum Gasteiger partial charge on any atom is 0.407 e. The number of hydrogen-bond acceptors (Lipinski definition) is 4. The van der Waals surface area contributed by atoms with Gasteiger partial charge >= 0.3 is 6.09 Å². The van der Waals surface area contributed by atoms with Crippen molar-refractivity contribution in [3.63, 3.8) is 0 Å². The van der Waals surface area contributed by atoms with Crippen LogP contribution in [0.3, 0.4) is 0 Å². The van der Waals surface area contributed by atoms with E-state index in [0.29, 0.717) is 17.8 Å². The Morgan fingerprint density at radius 1 is 1.53 bits per heavy atom. The summed E-state index contributed by atoms with van der Waals surface area (Å²) in [7, 11) is 0. The van der Waals surface area contributed by atoms with Crippen LogP contribution in [0.1, 0.15) is 42.4 Å². The molecule has 4 nitrogen and oxygen atoms in total. The quantitative estimate of drug-likeness (QED) is 0.526. The second kappa shape index (κ2) is 6.95. The molecule has 0 spiro atoms. The number of thiophene rings is 1. The first-order chi connectivity index (χ1) is 8.90. The lowest BCUT2D eigenvalue weighted by atomic mass is 10.2. The Balaban J connectivity index is 2.28. The zero-order valence-corrected chi connectivity index (χ0v) is 12.1. The van der Waals surface area contributed by atoms with E-state index in [1.165, 1.54) is 11.3 Å². The summed E-state index contributed by atoms with van der Waals surface area (Å²) >= 11 is 1.36. The van der Waals surface area contributed by atoms with Crippen LogP contribution in [0, 0.1) is 11.8 Å². The fraction of sp³-hybridized carbons (Fsp3) is 0.429. The highest BCUT2D eigenvalue weighted by atomic mass is 32.1. The fourth-order valence-corrected chi connectivity index (χ4v) is 1.83. The minimum Gasteiger partial charge on any atom is -0.444 e. The standard InChI is InChI=1S/C14H17NO3S/c1-14(2,3)18-13(17)15-7-5-4-6-11-8-12(9-16)19-10-11/h8-10H,5,7H2,1-3H3,(H,15,17). The molecule has 1 aromatic heterocycles. The van der Waals surface area contributed by atoms with Crippen LogP contribution in [-0.4, -0.2) is 24.5 Å². The highest BCUT2D eigenvalue weighted by Crippen LogP contribution is 2.10. The molecule has 0 bridgehead atoms. The lowest BCUT2D eigenvalue weighted by Gasteiger charge is -2.19. The third-order valence-corrected chi connectivity index (χ3v) is 2.74. The molecular formula is C14H17NO3S. The first kappa shape index (κ1) is 15.3. The fourth-order valence-electron chi connectivity index (χ4n) is 1.19. The van der Waals surface area contributed by atoms with Gasteiger partial charge < -0.3 is 10.1 Å². The molecule has 0 saturated heterocycles. The van der Waals surface area contributed by atoms with Crippen molar-refractivity contribution < 1.29 is 14.3 Å². The number of rotatable bonds is 3. The lowest BCUT2D eigenvalue weighted by Crippen LogP contribution is -2.32. The largest absolute Gasteiger partial charge is 0.444 e. The van der Waals surface area contributed by atoms with Gasteiger partial charge in [0.1, 0.15) is 5.60 Å². The third kappa shape index (κ3) is 6.63. The SMILES string of the molecule is CC(C)(C)OC(=O)NCCC#Cc1csc(C=O)c1. The molecule has 0 fully saturated rings. The Morgan fingerprint density at radius 2 is 2.26 bits per heavy atom. The Bertz CT molecular complexity index is 503. The second-order valence-electron chi connectivity index (χ2n) is 4.84. The number of alkyl carbamates (subject to hydrolysis) is 1. The summed E-state index contributed by atoms with van der Waals surface area (Å²) in [5.74, 6) is 5.86. The van der Waals surface area contributed by atoms with Crippen LogP contribution in [0.5, 0.6) is 0 Å². The minimum atomic E-state index is -0.488. The van der Waals surface area contributed by atoms with Crippen LogP contribution in [0.15, 0.2) is 11.4 Å². The molecule has 1 amide bonds. The zero-order chi connectivity index (χ0) is 14.3. The number of aldehydes is 1. The second-order valence-corrected chi connectivity index (χ2v) is 5.78. The van der Waals surface area contributed by atoms with Crippen molar-refractivity contribution >= 4 is 23.7 Å². The monoisotopic (exact) mass is 279 g/mol. The first-order valence-corrected chi connectivity index (χ1v) is 6.78. The summed E-state index contributed by atoms with van der Waals surface area (Å²) < 4.78 is 5.09. The van der Waals surface area contributed by atoms with E-state index in [9.17, 15) is 9.59 Å². The minimum absolute atomic E-state index is 0.437. The van der Waals surface area contributed by atoms with E-state index < -0.39 is 11.7 Å². The number of nitrogens with one attached hydrogen (secondary N) is 1. The van der Waals surface area contributed by atoms with Crippen molar-refractivity contribution in [1.82, 2.24) is 5.32 Å². The Morgan fingerprint density at radius 3 is 2.84 bits per heavy atom. The number of amides is 1. The van der Waals surface area contributed by atoms with Crippen LogP contribution >= 0.6 is 11.3 Å². The molecule has 1 N–H and O–H groups in total. The number of ether oxygens (including phenoxy) is 1. The van der Waals surface area contributed by atoms with Gasteiger partial charge in [0.05, 0.1) is 4.88 Å². The van der Waals surface area contributed by atoms with Crippen molar-refractivity contribution in [2.45, 2.75) is 32.8 Å². The van der Waals surface area contributed by atoms with E-state index in [4.69, 9.17) is 4.74 Å². The molecule has 0 aliphatic rings.